The van der Waals surface area contributed by atoms with Crippen LogP contribution >= 0.6 is 0 Å². The molecule has 0 aromatic heterocycles. The van der Waals surface area contributed by atoms with Crippen molar-refractivity contribution >= 4 is 11.7 Å². The molecular formula is C18H28FN3O2. The molecule has 1 aliphatic rings. The molecule has 5 nitrogen and oxygen atoms in total. The number of hydrogen-bond acceptors (Lipinski definition) is 3. The van der Waals surface area contributed by atoms with Crippen LogP contribution in [0.3, 0.4) is 0 Å². The summed E-state index contributed by atoms with van der Waals surface area (Å²) in [5.74, 6) is 0.146. The molecule has 0 spiro atoms. The molecule has 1 heterocycles. The van der Waals surface area contributed by atoms with Crippen molar-refractivity contribution in [2.75, 3.05) is 31.1 Å². The van der Waals surface area contributed by atoms with Gasteiger partial charge in [-0.1, -0.05) is 0 Å². The van der Waals surface area contributed by atoms with Gasteiger partial charge < -0.3 is 20.2 Å². The molecule has 1 aromatic rings. The topological polar surface area (TPSA) is 55.8 Å². The number of hydrogen-bond donors (Lipinski definition) is 2. The molecule has 2 amide bonds. The molecule has 0 radical (unpaired) electrons. The number of rotatable bonds is 6. The molecule has 0 aliphatic carbocycles. The van der Waals surface area contributed by atoms with E-state index in [2.05, 4.69) is 10.2 Å². The van der Waals surface area contributed by atoms with Crippen LogP contribution in [-0.2, 0) is 0 Å². The highest BCUT2D eigenvalue weighted by Gasteiger charge is 2.25. The lowest BCUT2D eigenvalue weighted by atomic mass is 10.1. The van der Waals surface area contributed by atoms with Gasteiger partial charge in [-0.25, -0.2) is 9.18 Å². The number of carbonyl (C=O) groups excluding carboxylic acids is 1. The second-order valence-electron chi connectivity index (χ2n) is 6.86. The quantitative estimate of drug-likeness (QED) is 0.838. The van der Waals surface area contributed by atoms with Crippen LogP contribution in [0.2, 0.25) is 0 Å². The summed E-state index contributed by atoms with van der Waals surface area (Å²) in [7, 11) is 0. The number of benzene rings is 1. The minimum Gasteiger partial charge on any atom is -0.392 e. The van der Waals surface area contributed by atoms with Gasteiger partial charge in [-0.3, -0.25) is 0 Å². The second kappa shape index (κ2) is 8.33. The van der Waals surface area contributed by atoms with Crippen molar-refractivity contribution in [1.29, 1.82) is 0 Å². The maximum Gasteiger partial charge on any atom is 0.317 e. The highest BCUT2D eigenvalue weighted by atomic mass is 19.1. The van der Waals surface area contributed by atoms with Gasteiger partial charge in [0, 0.05) is 37.9 Å². The van der Waals surface area contributed by atoms with Crippen LogP contribution in [0.25, 0.3) is 0 Å². The first-order valence-electron chi connectivity index (χ1n) is 8.60. The Balaban J connectivity index is 1.82. The second-order valence-corrected chi connectivity index (χ2v) is 6.86. The molecule has 2 atom stereocenters. The summed E-state index contributed by atoms with van der Waals surface area (Å²) < 4.78 is 13.0. The maximum absolute atomic E-state index is 13.0. The predicted octanol–water partition coefficient (Wildman–Crippen LogP) is 2.45. The molecule has 0 saturated carbocycles. The van der Waals surface area contributed by atoms with E-state index in [9.17, 15) is 14.3 Å². The van der Waals surface area contributed by atoms with Crippen molar-refractivity contribution in [3.8, 4) is 0 Å². The van der Waals surface area contributed by atoms with Gasteiger partial charge in [0.1, 0.15) is 5.82 Å². The van der Waals surface area contributed by atoms with E-state index >= 15 is 0 Å². The number of carbonyl (C=O) groups is 1. The van der Waals surface area contributed by atoms with Crippen molar-refractivity contribution in [3.63, 3.8) is 0 Å². The fourth-order valence-corrected chi connectivity index (χ4v) is 3.03. The van der Waals surface area contributed by atoms with E-state index in [0.29, 0.717) is 19.0 Å². The number of aliphatic hydroxyl groups is 1. The monoisotopic (exact) mass is 337 g/mol. The summed E-state index contributed by atoms with van der Waals surface area (Å²) in [6, 6.07) is 6.44. The summed E-state index contributed by atoms with van der Waals surface area (Å²) in [6.07, 6.45) is 0.453. The van der Waals surface area contributed by atoms with Crippen molar-refractivity contribution < 1.29 is 14.3 Å². The SMILES string of the molecule is CC(O)CN(C(=O)NCC1CCN(c2ccc(F)cc2)C1)C(C)C. The minimum absolute atomic E-state index is 0.0406. The molecule has 0 bridgehead atoms. The smallest absolute Gasteiger partial charge is 0.317 e. The summed E-state index contributed by atoms with van der Waals surface area (Å²) in [5, 5.41) is 12.5. The lowest BCUT2D eigenvalue weighted by Crippen LogP contribution is -2.48. The van der Waals surface area contributed by atoms with Crippen LogP contribution in [0.4, 0.5) is 14.9 Å². The Labute approximate surface area is 143 Å². The van der Waals surface area contributed by atoms with Crippen LogP contribution < -0.4 is 10.2 Å². The first-order valence-corrected chi connectivity index (χ1v) is 8.60. The van der Waals surface area contributed by atoms with Gasteiger partial charge >= 0.3 is 6.03 Å². The zero-order chi connectivity index (χ0) is 17.7. The molecule has 2 N–H and O–H groups in total. The molecule has 1 aliphatic heterocycles. The average Bonchev–Trinajstić information content (AvgIpc) is 2.99. The molecule has 2 rings (SSSR count). The molecule has 1 saturated heterocycles. The van der Waals surface area contributed by atoms with Crippen molar-refractivity contribution in [2.45, 2.75) is 39.3 Å². The Morgan fingerprint density at radius 2 is 2.04 bits per heavy atom. The number of halogens is 1. The summed E-state index contributed by atoms with van der Waals surface area (Å²) in [5.41, 5.74) is 1.02. The molecule has 6 heteroatoms. The molecule has 1 fully saturated rings. The first kappa shape index (κ1) is 18.5. The van der Waals surface area contributed by atoms with Crippen molar-refractivity contribution in [1.82, 2.24) is 10.2 Å². The zero-order valence-electron chi connectivity index (χ0n) is 14.7. The van der Waals surface area contributed by atoms with Gasteiger partial charge in [0.05, 0.1) is 6.10 Å². The summed E-state index contributed by atoms with van der Waals surface area (Å²) in [4.78, 5) is 16.2. The van der Waals surface area contributed by atoms with Gasteiger partial charge in [-0.2, -0.15) is 0 Å². The van der Waals surface area contributed by atoms with Gasteiger partial charge in [-0.05, 0) is 57.4 Å². The maximum atomic E-state index is 13.0. The fraction of sp³-hybridized carbons (Fsp3) is 0.611. The van der Waals surface area contributed by atoms with E-state index in [4.69, 9.17) is 0 Å². The zero-order valence-corrected chi connectivity index (χ0v) is 14.7. The first-order chi connectivity index (χ1) is 11.4. The third-order valence-corrected chi connectivity index (χ3v) is 4.36. The van der Waals surface area contributed by atoms with Gasteiger partial charge in [-0.15, -0.1) is 0 Å². The van der Waals surface area contributed by atoms with Crippen molar-refractivity contribution in [2.24, 2.45) is 5.92 Å². The standard InChI is InChI=1S/C18H28FN3O2/c1-13(2)22(11-14(3)23)18(24)20-10-15-8-9-21(12-15)17-6-4-16(19)5-7-17/h4-7,13-15,23H,8-12H2,1-3H3,(H,20,24). The predicted molar refractivity (Wildman–Crippen MR) is 93.6 cm³/mol. The van der Waals surface area contributed by atoms with Crippen LogP contribution in [-0.4, -0.2) is 54.4 Å². The number of nitrogens with zero attached hydrogens (tertiary/aromatic N) is 2. The fourth-order valence-electron chi connectivity index (χ4n) is 3.03. The van der Waals surface area contributed by atoms with Gasteiger partial charge in [0.2, 0.25) is 0 Å². The number of aliphatic hydroxyl groups excluding tert-OH is 1. The average molecular weight is 337 g/mol. The number of urea groups is 1. The van der Waals surface area contributed by atoms with Gasteiger partial charge in [0.25, 0.3) is 0 Å². The normalized spacial score (nSPS) is 18.8. The third-order valence-electron chi connectivity index (χ3n) is 4.36. The molecular weight excluding hydrogens is 309 g/mol. The summed E-state index contributed by atoms with van der Waals surface area (Å²) in [6.45, 7) is 8.26. The number of nitrogens with one attached hydrogen (secondary N) is 1. The Bertz CT molecular complexity index is 534. The Kier molecular flexibility index (Phi) is 6.43. The molecule has 134 valence electrons. The largest absolute Gasteiger partial charge is 0.392 e. The van der Waals surface area contributed by atoms with Crippen LogP contribution in [0.1, 0.15) is 27.2 Å². The van der Waals surface area contributed by atoms with Crippen LogP contribution in [0.5, 0.6) is 0 Å². The minimum atomic E-state index is -0.543. The molecule has 1 aromatic carbocycles. The van der Waals surface area contributed by atoms with E-state index in [1.807, 2.05) is 13.8 Å². The van der Waals surface area contributed by atoms with Crippen molar-refractivity contribution in [3.05, 3.63) is 30.1 Å². The van der Waals surface area contributed by atoms with E-state index in [1.165, 1.54) is 12.1 Å². The van der Waals surface area contributed by atoms with E-state index in [0.717, 1.165) is 25.2 Å². The van der Waals surface area contributed by atoms with E-state index in [-0.39, 0.29) is 17.9 Å². The Morgan fingerprint density at radius 3 is 2.62 bits per heavy atom. The number of anilines is 1. The van der Waals surface area contributed by atoms with E-state index in [1.54, 1.807) is 24.0 Å². The lowest BCUT2D eigenvalue weighted by molar-refractivity contribution is 0.118. The van der Waals surface area contributed by atoms with Crippen LogP contribution in [0, 0.1) is 11.7 Å². The molecule has 2 unspecified atom stereocenters. The highest BCUT2D eigenvalue weighted by Crippen LogP contribution is 2.23. The van der Waals surface area contributed by atoms with Crippen LogP contribution in [0.15, 0.2) is 24.3 Å². The summed E-state index contributed by atoms with van der Waals surface area (Å²) >= 11 is 0. The molecule has 24 heavy (non-hydrogen) atoms. The Morgan fingerprint density at radius 1 is 1.38 bits per heavy atom. The number of amides is 2. The third kappa shape index (κ3) is 5.09. The van der Waals surface area contributed by atoms with Gasteiger partial charge in [0.15, 0.2) is 0 Å². The lowest BCUT2D eigenvalue weighted by Gasteiger charge is -2.28. The van der Waals surface area contributed by atoms with E-state index < -0.39 is 6.10 Å². The highest BCUT2D eigenvalue weighted by molar-refractivity contribution is 5.74. The Hall–Kier alpha value is -1.82.